The zero-order valence-corrected chi connectivity index (χ0v) is 20.5. The fraction of sp³-hybridized carbons (Fsp3) is 0.808. The fourth-order valence-electron chi connectivity index (χ4n) is 5.93. The lowest BCUT2D eigenvalue weighted by Crippen LogP contribution is -2.57. The number of carbonyl (C=O) groups is 1. The highest BCUT2D eigenvalue weighted by Gasteiger charge is 2.61. The number of fused-ring (bicyclic) bond motifs is 6. The van der Waals surface area contributed by atoms with Crippen molar-refractivity contribution >= 4 is 5.97 Å². The van der Waals surface area contributed by atoms with Crippen LogP contribution in [0.15, 0.2) is 24.3 Å². The summed E-state index contributed by atoms with van der Waals surface area (Å²) in [7, 11) is 0. The molecule has 0 radical (unpaired) electrons. The largest absolute Gasteiger partial charge is 0.457 e. The Morgan fingerprint density at radius 2 is 1.57 bits per heavy atom. The van der Waals surface area contributed by atoms with Crippen molar-refractivity contribution < 1.29 is 44.5 Å². The molecule has 0 amide bonds. The van der Waals surface area contributed by atoms with Crippen LogP contribution in [0.1, 0.15) is 58.8 Å². The normalized spacial score (nSPS) is 51.4. The molecule has 0 aromatic rings. The Morgan fingerprint density at radius 3 is 2.31 bits per heavy atom. The third-order valence-corrected chi connectivity index (χ3v) is 8.02. The lowest BCUT2D eigenvalue weighted by Gasteiger charge is -2.37. The Kier molecular flexibility index (Phi) is 8.37. The van der Waals surface area contributed by atoms with Crippen LogP contribution >= 0.6 is 0 Å². The van der Waals surface area contributed by atoms with Crippen molar-refractivity contribution in [2.75, 3.05) is 0 Å². The topological polar surface area (TPSA) is 146 Å². The van der Waals surface area contributed by atoms with Crippen LogP contribution in [0, 0.1) is 11.8 Å². The van der Waals surface area contributed by atoms with E-state index >= 15 is 0 Å². The van der Waals surface area contributed by atoms with Gasteiger partial charge in [0.2, 0.25) is 5.60 Å². The van der Waals surface area contributed by atoms with Crippen molar-refractivity contribution in [3.05, 3.63) is 24.3 Å². The van der Waals surface area contributed by atoms with Crippen molar-refractivity contribution in [3.8, 4) is 0 Å². The molecule has 4 rings (SSSR count). The molecule has 198 valence electrons. The maximum Gasteiger partial charge on any atom is 0.344 e. The van der Waals surface area contributed by atoms with Gasteiger partial charge in [-0.15, -0.1) is 0 Å². The van der Waals surface area contributed by atoms with Gasteiger partial charge in [-0.2, -0.15) is 0 Å². The average molecular weight is 497 g/mol. The highest BCUT2D eigenvalue weighted by molar-refractivity contribution is 5.83. The first-order valence-corrected chi connectivity index (χ1v) is 12.9. The summed E-state index contributed by atoms with van der Waals surface area (Å²) in [6.07, 6.45) is 2.93. The van der Waals surface area contributed by atoms with Crippen LogP contribution in [0.4, 0.5) is 0 Å². The second-order valence-electron chi connectivity index (χ2n) is 11.0. The first-order chi connectivity index (χ1) is 16.6. The smallest absolute Gasteiger partial charge is 0.344 e. The molecule has 0 saturated carbocycles. The average Bonchev–Trinajstić information content (AvgIpc) is 3.25. The number of allylic oxidation sites excluding steroid dienone is 3. The molecule has 3 saturated heterocycles. The molecule has 5 N–H and O–H groups in total. The highest BCUT2D eigenvalue weighted by Crippen LogP contribution is 2.38. The number of ether oxygens (including phenoxy) is 3. The number of rotatable bonds is 0. The molecule has 12 atom stereocenters. The van der Waals surface area contributed by atoms with E-state index in [1.54, 1.807) is 0 Å². The molecule has 0 aliphatic carbocycles. The zero-order chi connectivity index (χ0) is 25.3. The van der Waals surface area contributed by atoms with E-state index in [2.05, 4.69) is 19.9 Å². The van der Waals surface area contributed by atoms with Crippen LogP contribution in [0.2, 0.25) is 0 Å². The van der Waals surface area contributed by atoms with E-state index in [1.165, 1.54) is 0 Å². The van der Waals surface area contributed by atoms with Gasteiger partial charge in [0.25, 0.3) is 0 Å². The molecule has 4 aliphatic heterocycles. The first-order valence-electron chi connectivity index (χ1n) is 12.9. The van der Waals surface area contributed by atoms with Crippen LogP contribution < -0.4 is 0 Å². The van der Waals surface area contributed by atoms with E-state index in [1.807, 2.05) is 18.2 Å². The highest BCUT2D eigenvalue weighted by atomic mass is 16.6. The summed E-state index contributed by atoms with van der Waals surface area (Å²) in [4.78, 5) is 12.6. The molecule has 0 aromatic carbocycles. The molecule has 6 bridgehead atoms. The second kappa shape index (κ2) is 11.0. The van der Waals surface area contributed by atoms with Crippen molar-refractivity contribution in [3.63, 3.8) is 0 Å². The quantitative estimate of drug-likeness (QED) is 0.307. The molecular formula is C26H40O9. The molecule has 0 unspecified atom stereocenters. The lowest BCUT2D eigenvalue weighted by atomic mass is 9.83. The molecule has 3 fully saturated rings. The minimum Gasteiger partial charge on any atom is -0.457 e. The van der Waals surface area contributed by atoms with Gasteiger partial charge in [0, 0.05) is 12.8 Å². The van der Waals surface area contributed by atoms with E-state index in [4.69, 9.17) is 14.2 Å². The van der Waals surface area contributed by atoms with E-state index < -0.39 is 54.3 Å². The van der Waals surface area contributed by atoms with Crippen LogP contribution in [0.3, 0.4) is 0 Å². The molecule has 0 aromatic heterocycles. The third-order valence-electron chi connectivity index (χ3n) is 8.02. The van der Waals surface area contributed by atoms with Gasteiger partial charge in [0.05, 0.1) is 42.7 Å². The van der Waals surface area contributed by atoms with Crippen molar-refractivity contribution in [2.45, 2.75) is 119 Å². The molecule has 4 heterocycles. The summed E-state index contributed by atoms with van der Waals surface area (Å²) in [5, 5.41) is 53.8. The number of hydrogen-bond donors (Lipinski definition) is 5. The molecule has 9 nitrogen and oxygen atoms in total. The lowest BCUT2D eigenvalue weighted by molar-refractivity contribution is -0.179. The maximum absolute atomic E-state index is 12.6. The van der Waals surface area contributed by atoms with E-state index in [0.29, 0.717) is 25.7 Å². The number of esters is 1. The minimum atomic E-state index is -2.54. The second-order valence-corrected chi connectivity index (χ2v) is 11.0. The predicted molar refractivity (Wildman–Crippen MR) is 125 cm³/mol. The van der Waals surface area contributed by atoms with Crippen molar-refractivity contribution in [1.82, 2.24) is 0 Å². The van der Waals surface area contributed by atoms with Crippen LogP contribution in [0.25, 0.3) is 0 Å². The monoisotopic (exact) mass is 496 g/mol. The van der Waals surface area contributed by atoms with Gasteiger partial charge in [0.15, 0.2) is 0 Å². The SMILES string of the molecule is C[C@@H]1C[C@H]2O[C@@H]1C/C=C\C=C/[C@H](C)C[C@@H]1C[C@H](O)C[C@H](C[C@H](O)[C@@]3(O)C(=O)O[C@H](C[C@H]2O)[C@@H]3O)O1. The Labute approximate surface area is 206 Å². The van der Waals surface area contributed by atoms with Gasteiger partial charge in [-0.25, -0.2) is 4.79 Å². The van der Waals surface area contributed by atoms with Crippen LogP contribution in [0.5, 0.6) is 0 Å². The Bertz CT molecular complexity index is 800. The number of aliphatic hydroxyl groups is 5. The van der Waals surface area contributed by atoms with Crippen molar-refractivity contribution in [2.24, 2.45) is 11.8 Å². The van der Waals surface area contributed by atoms with Crippen molar-refractivity contribution in [1.29, 1.82) is 0 Å². The van der Waals surface area contributed by atoms with Crippen LogP contribution in [-0.4, -0.2) is 92.0 Å². The molecule has 4 aliphatic rings. The maximum atomic E-state index is 12.6. The fourth-order valence-corrected chi connectivity index (χ4v) is 5.93. The predicted octanol–water partition coefficient (Wildman–Crippen LogP) is 0.750. The van der Waals surface area contributed by atoms with Gasteiger partial charge < -0.3 is 39.7 Å². The molecule has 35 heavy (non-hydrogen) atoms. The number of carbonyl (C=O) groups excluding carboxylic acids is 1. The Balaban J connectivity index is 1.55. The van der Waals surface area contributed by atoms with Gasteiger partial charge in [0.1, 0.15) is 12.2 Å². The van der Waals surface area contributed by atoms with E-state index in [0.717, 1.165) is 0 Å². The van der Waals surface area contributed by atoms with E-state index in [-0.39, 0.29) is 43.3 Å². The van der Waals surface area contributed by atoms with Gasteiger partial charge in [-0.05, 0) is 43.9 Å². The van der Waals surface area contributed by atoms with Gasteiger partial charge in [-0.3, -0.25) is 0 Å². The summed E-state index contributed by atoms with van der Waals surface area (Å²) >= 11 is 0. The summed E-state index contributed by atoms with van der Waals surface area (Å²) in [6.45, 7) is 4.12. The molecular weight excluding hydrogens is 456 g/mol. The zero-order valence-electron chi connectivity index (χ0n) is 20.5. The summed E-state index contributed by atoms with van der Waals surface area (Å²) < 4.78 is 17.4. The number of aliphatic hydroxyl groups excluding tert-OH is 4. The molecule has 0 spiro atoms. The summed E-state index contributed by atoms with van der Waals surface area (Å²) in [6, 6.07) is 0. The van der Waals surface area contributed by atoms with Gasteiger partial charge in [-0.1, -0.05) is 38.2 Å². The minimum absolute atomic E-state index is 0.0637. The third kappa shape index (κ3) is 5.82. The summed E-state index contributed by atoms with van der Waals surface area (Å²) in [5.41, 5.74) is -2.54. The van der Waals surface area contributed by atoms with Crippen LogP contribution in [-0.2, 0) is 19.0 Å². The first kappa shape index (κ1) is 26.7. The Hall–Kier alpha value is -1.33. The number of hydrogen-bond acceptors (Lipinski definition) is 9. The summed E-state index contributed by atoms with van der Waals surface area (Å²) in [5.74, 6) is -0.728. The standard InChI is InChI=1S/C26H40O9/c1-14-6-4-3-5-7-20-15(2)9-21(34-20)19(28)13-22-24(30)26(32,25(31)35-22)23(29)12-18-11-16(27)10-17(8-14)33-18/h3-6,14-24,27-30,32H,7-13H2,1-2H3/b5-3-,6-4-/t14-,15+,16-,17+,18+,19+,20+,21+,22+,23-,24-,26-/m0/s1. The molecule has 9 heteroatoms. The van der Waals surface area contributed by atoms with Gasteiger partial charge >= 0.3 is 5.97 Å². The Morgan fingerprint density at radius 1 is 0.857 bits per heavy atom. The van der Waals surface area contributed by atoms with E-state index in [9.17, 15) is 30.3 Å².